The zero-order valence-corrected chi connectivity index (χ0v) is 18.6. The number of allylic oxidation sites excluding steroid dienone is 6. The molecule has 148 valence electrons. The van der Waals surface area contributed by atoms with Crippen LogP contribution in [0.1, 0.15) is 101 Å². The van der Waals surface area contributed by atoms with Crippen molar-refractivity contribution in [2.75, 3.05) is 0 Å². The summed E-state index contributed by atoms with van der Waals surface area (Å²) in [4.78, 5) is 25.5. The second-order valence-corrected chi connectivity index (χ2v) is 8.08. The number of unbranched alkanes of at least 4 members (excludes halogenated alkanes) is 3. The van der Waals surface area contributed by atoms with E-state index >= 15 is 0 Å². The average Bonchev–Trinajstić information content (AvgIpc) is 2.59. The molecule has 1 rings (SSSR count). The molecular formula is C24H40O2. The summed E-state index contributed by atoms with van der Waals surface area (Å²) in [7, 11) is 0. The van der Waals surface area contributed by atoms with Crippen LogP contribution in [0.15, 0.2) is 33.9 Å². The van der Waals surface area contributed by atoms with Crippen molar-refractivity contribution < 1.29 is 9.59 Å². The largest absolute Gasteiger partial charge is 0.289 e. The number of hydrogen-bond acceptors (Lipinski definition) is 2. The lowest BCUT2D eigenvalue weighted by Crippen LogP contribution is -2.29. The van der Waals surface area contributed by atoms with E-state index in [1.807, 2.05) is 34.6 Å². The first kappa shape index (κ1) is 24.6. The summed E-state index contributed by atoms with van der Waals surface area (Å²) in [6.45, 7) is 17.9. The van der Waals surface area contributed by atoms with Gasteiger partial charge in [-0.2, -0.15) is 0 Å². The lowest BCUT2D eigenvalue weighted by molar-refractivity contribution is -0.117. The summed E-state index contributed by atoms with van der Waals surface area (Å²) < 4.78 is 0. The Morgan fingerprint density at radius 2 is 1.46 bits per heavy atom. The fourth-order valence-corrected chi connectivity index (χ4v) is 3.20. The summed E-state index contributed by atoms with van der Waals surface area (Å²) in [5.74, 6) is 0.0932. The van der Waals surface area contributed by atoms with Crippen LogP contribution in [0.25, 0.3) is 0 Å². The molecule has 0 N–H and O–H groups in total. The van der Waals surface area contributed by atoms with Crippen LogP contribution in [0, 0.1) is 5.41 Å². The van der Waals surface area contributed by atoms with Crippen LogP contribution in [-0.2, 0) is 9.59 Å². The lowest BCUT2D eigenvalue weighted by atomic mass is 9.73. The predicted molar refractivity (Wildman–Crippen MR) is 113 cm³/mol. The van der Waals surface area contributed by atoms with E-state index in [-0.39, 0.29) is 17.0 Å². The minimum Gasteiger partial charge on any atom is -0.289 e. The molecule has 0 aromatic heterocycles. The zero-order valence-electron chi connectivity index (χ0n) is 18.6. The number of hydrogen-bond donors (Lipinski definition) is 0. The Balaban J connectivity index is 0.00000301. The van der Waals surface area contributed by atoms with E-state index in [1.54, 1.807) is 13.8 Å². The van der Waals surface area contributed by atoms with Crippen molar-refractivity contribution in [3.63, 3.8) is 0 Å². The Labute approximate surface area is 161 Å². The van der Waals surface area contributed by atoms with Crippen LogP contribution in [0.4, 0.5) is 0 Å². The molecule has 0 fully saturated rings. The molecule has 0 atom stereocenters. The van der Waals surface area contributed by atoms with Crippen LogP contribution >= 0.6 is 0 Å². The summed E-state index contributed by atoms with van der Waals surface area (Å²) in [5.41, 5.74) is 3.61. The highest BCUT2D eigenvalue weighted by Gasteiger charge is 2.35. The summed E-state index contributed by atoms with van der Waals surface area (Å²) in [5, 5.41) is 0. The van der Waals surface area contributed by atoms with Gasteiger partial charge in [0.05, 0.1) is 0 Å². The van der Waals surface area contributed by atoms with E-state index in [0.29, 0.717) is 28.7 Å². The van der Waals surface area contributed by atoms with Gasteiger partial charge >= 0.3 is 0 Å². The molecule has 2 nitrogen and oxygen atoms in total. The van der Waals surface area contributed by atoms with Gasteiger partial charge < -0.3 is 0 Å². The quantitative estimate of drug-likeness (QED) is 0.274. The van der Waals surface area contributed by atoms with Gasteiger partial charge in [-0.1, -0.05) is 72.5 Å². The van der Waals surface area contributed by atoms with Gasteiger partial charge in [-0.25, -0.2) is 0 Å². The monoisotopic (exact) mass is 360 g/mol. The second kappa shape index (κ2) is 11.3. The minimum absolute atomic E-state index is 0.0450. The Morgan fingerprint density at radius 1 is 0.923 bits per heavy atom. The van der Waals surface area contributed by atoms with Gasteiger partial charge in [-0.05, 0) is 45.4 Å². The topological polar surface area (TPSA) is 34.1 Å². The van der Waals surface area contributed by atoms with Crippen LogP contribution in [0.2, 0.25) is 0 Å². The SMILES string of the molecule is CC.CCCCCC/C(C)=C/CC1=C(C(C)(C)C)C(=O)C(C)=C(C)C1=O. The van der Waals surface area contributed by atoms with Gasteiger partial charge in [0.1, 0.15) is 0 Å². The van der Waals surface area contributed by atoms with Gasteiger partial charge in [0.2, 0.25) is 0 Å². The van der Waals surface area contributed by atoms with Crippen molar-refractivity contribution in [1.82, 2.24) is 0 Å². The molecule has 0 saturated carbocycles. The lowest BCUT2D eigenvalue weighted by Gasteiger charge is -2.29. The number of ketones is 2. The van der Waals surface area contributed by atoms with E-state index in [2.05, 4.69) is 19.9 Å². The number of carbonyl (C=O) groups excluding carboxylic acids is 2. The van der Waals surface area contributed by atoms with Crippen molar-refractivity contribution in [3.8, 4) is 0 Å². The summed E-state index contributed by atoms with van der Waals surface area (Å²) in [6, 6.07) is 0. The first-order valence-corrected chi connectivity index (χ1v) is 10.3. The summed E-state index contributed by atoms with van der Waals surface area (Å²) >= 11 is 0. The average molecular weight is 361 g/mol. The van der Waals surface area contributed by atoms with Crippen LogP contribution in [0.3, 0.4) is 0 Å². The first-order chi connectivity index (χ1) is 12.1. The van der Waals surface area contributed by atoms with Crippen molar-refractivity contribution in [2.45, 2.75) is 101 Å². The molecule has 1 aliphatic carbocycles. The number of rotatable bonds is 7. The molecule has 0 aromatic rings. The molecule has 0 spiro atoms. The van der Waals surface area contributed by atoms with Gasteiger partial charge in [0.15, 0.2) is 11.6 Å². The van der Waals surface area contributed by atoms with Gasteiger partial charge in [0, 0.05) is 22.3 Å². The maximum Gasteiger partial charge on any atom is 0.186 e. The molecule has 26 heavy (non-hydrogen) atoms. The van der Waals surface area contributed by atoms with Gasteiger partial charge in [0.25, 0.3) is 0 Å². The highest BCUT2D eigenvalue weighted by Crippen LogP contribution is 2.37. The molecule has 0 bridgehead atoms. The Morgan fingerprint density at radius 3 is 1.96 bits per heavy atom. The summed E-state index contributed by atoms with van der Waals surface area (Å²) in [6.07, 6.45) is 8.78. The fraction of sp³-hybridized carbons (Fsp3) is 0.667. The Hall–Kier alpha value is -1.44. The highest BCUT2D eigenvalue weighted by molar-refractivity contribution is 6.25. The van der Waals surface area contributed by atoms with Crippen LogP contribution in [0.5, 0.6) is 0 Å². The normalized spacial score (nSPS) is 16.1. The third-order valence-corrected chi connectivity index (χ3v) is 4.88. The maximum absolute atomic E-state index is 12.8. The van der Waals surface area contributed by atoms with E-state index in [9.17, 15) is 9.59 Å². The molecule has 0 amide bonds. The minimum atomic E-state index is -0.313. The molecule has 0 aromatic carbocycles. The number of Topliss-reactive ketones (excluding diaryl/α,β-unsaturated/α-hetero) is 2. The molecule has 0 radical (unpaired) electrons. The van der Waals surface area contributed by atoms with Gasteiger partial charge in [-0.15, -0.1) is 0 Å². The maximum atomic E-state index is 12.8. The van der Waals surface area contributed by atoms with Crippen LogP contribution < -0.4 is 0 Å². The molecule has 0 unspecified atom stereocenters. The van der Waals surface area contributed by atoms with Crippen molar-refractivity contribution in [2.24, 2.45) is 5.41 Å². The fourth-order valence-electron chi connectivity index (χ4n) is 3.20. The second-order valence-electron chi connectivity index (χ2n) is 8.08. The predicted octanol–water partition coefficient (Wildman–Crippen LogP) is 7.15. The molecule has 0 heterocycles. The molecule has 2 heteroatoms. The molecule has 0 saturated heterocycles. The van der Waals surface area contributed by atoms with Crippen molar-refractivity contribution in [1.29, 1.82) is 0 Å². The molecule has 1 aliphatic rings. The van der Waals surface area contributed by atoms with E-state index in [1.165, 1.54) is 31.3 Å². The smallest absolute Gasteiger partial charge is 0.186 e. The first-order valence-electron chi connectivity index (χ1n) is 10.3. The standard InChI is InChI=1S/C22H34O2.C2H6/c1-8-9-10-11-12-15(2)13-14-18-19(22(5,6)7)21(24)17(4)16(3)20(18)23;1-2/h13H,8-12,14H2,1-7H3;1-2H3/b15-13+;. The third kappa shape index (κ3) is 6.70. The van der Waals surface area contributed by atoms with Gasteiger partial charge in [-0.3, -0.25) is 9.59 Å². The third-order valence-electron chi connectivity index (χ3n) is 4.88. The molecule has 0 aliphatic heterocycles. The van der Waals surface area contributed by atoms with Crippen molar-refractivity contribution >= 4 is 11.6 Å². The van der Waals surface area contributed by atoms with Crippen molar-refractivity contribution in [3.05, 3.63) is 33.9 Å². The highest BCUT2D eigenvalue weighted by atomic mass is 16.1. The Kier molecular flexibility index (Phi) is 10.7. The van der Waals surface area contributed by atoms with E-state index in [0.717, 1.165) is 6.42 Å². The zero-order chi connectivity index (χ0) is 20.5. The molecular weight excluding hydrogens is 320 g/mol. The van der Waals surface area contributed by atoms with Crippen LogP contribution in [-0.4, -0.2) is 11.6 Å². The van der Waals surface area contributed by atoms with E-state index in [4.69, 9.17) is 0 Å². The Bertz CT molecular complexity index is 592. The number of carbonyl (C=O) groups is 2. The van der Waals surface area contributed by atoms with E-state index < -0.39 is 0 Å².